The van der Waals surface area contributed by atoms with Crippen molar-refractivity contribution in [3.63, 3.8) is 0 Å². The molecular weight excluding hydrogens is 417 g/mol. The molecule has 9 heteroatoms. The smallest absolute Gasteiger partial charge is 0.479 e. The molecule has 1 unspecified atom stereocenters. The molecule has 2 aromatic rings. The zero-order chi connectivity index (χ0) is 19.1. The van der Waals surface area contributed by atoms with Crippen LogP contribution in [-0.2, 0) is 4.79 Å². The topological polar surface area (TPSA) is 51.7 Å². The van der Waals surface area contributed by atoms with Crippen LogP contribution in [-0.4, -0.2) is 23.4 Å². The lowest BCUT2D eigenvalue weighted by Crippen LogP contribution is -2.45. The number of fused-ring (bicyclic) bond motifs is 1. The first-order valence-corrected chi connectivity index (χ1v) is 8.47. The molecule has 1 aromatic heterocycles. The molecule has 1 aliphatic rings. The third kappa shape index (κ3) is 3.77. The molecule has 3 rings (SSSR count). The Balaban J connectivity index is 1.98. The van der Waals surface area contributed by atoms with E-state index in [9.17, 15) is 18.0 Å². The molecule has 1 aromatic carbocycles. The van der Waals surface area contributed by atoms with Crippen LogP contribution < -0.4 is 14.4 Å². The van der Waals surface area contributed by atoms with Gasteiger partial charge in [-0.25, -0.2) is 4.98 Å². The van der Waals surface area contributed by atoms with Gasteiger partial charge in [0.1, 0.15) is 5.75 Å². The normalized spacial score (nSPS) is 18.2. The number of hydrogen-bond acceptors (Lipinski definition) is 4. The molecule has 1 amide bonds. The summed E-state index contributed by atoms with van der Waals surface area (Å²) in [5.41, 5.74) is 0.788. The summed E-state index contributed by atoms with van der Waals surface area (Å²) in [7, 11) is 0. The number of pyridine rings is 1. The SMILES string of the molecule is CC1Oc2cc(Br)ccc2N([C@@H](C)c2cccc(OC(F)(F)F)n2)C1=O. The monoisotopic (exact) mass is 430 g/mol. The van der Waals surface area contributed by atoms with Crippen molar-refractivity contribution in [1.82, 2.24) is 4.98 Å². The Kier molecular flexibility index (Phi) is 4.83. The van der Waals surface area contributed by atoms with Crippen LogP contribution >= 0.6 is 15.9 Å². The Labute approximate surface area is 155 Å². The highest BCUT2D eigenvalue weighted by Crippen LogP contribution is 2.40. The van der Waals surface area contributed by atoms with Crippen LogP contribution in [0.4, 0.5) is 18.9 Å². The first-order chi connectivity index (χ1) is 12.2. The van der Waals surface area contributed by atoms with Crippen molar-refractivity contribution in [2.75, 3.05) is 4.90 Å². The first kappa shape index (κ1) is 18.5. The van der Waals surface area contributed by atoms with Gasteiger partial charge in [-0.3, -0.25) is 9.69 Å². The Morgan fingerprint density at radius 3 is 2.73 bits per heavy atom. The van der Waals surface area contributed by atoms with Crippen molar-refractivity contribution in [1.29, 1.82) is 0 Å². The summed E-state index contributed by atoms with van der Waals surface area (Å²) in [5.74, 6) is -0.385. The lowest BCUT2D eigenvalue weighted by Gasteiger charge is -2.36. The van der Waals surface area contributed by atoms with Crippen LogP contribution in [0.2, 0.25) is 0 Å². The zero-order valence-electron chi connectivity index (χ0n) is 13.7. The van der Waals surface area contributed by atoms with Crippen molar-refractivity contribution in [2.24, 2.45) is 0 Å². The van der Waals surface area contributed by atoms with E-state index in [0.29, 0.717) is 11.4 Å². The highest BCUT2D eigenvalue weighted by Gasteiger charge is 2.36. The van der Waals surface area contributed by atoms with Crippen molar-refractivity contribution in [3.05, 3.63) is 46.6 Å². The van der Waals surface area contributed by atoms with E-state index in [1.54, 1.807) is 38.1 Å². The zero-order valence-corrected chi connectivity index (χ0v) is 15.3. The van der Waals surface area contributed by atoms with E-state index in [2.05, 4.69) is 25.7 Å². The van der Waals surface area contributed by atoms with Gasteiger partial charge >= 0.3 is 6.36 Å². The number of ether oxygens (including phenoxy) is 2. The van der Waals surface area contributed by atoms with Crippen molar-refractivity contribution >= 4 is 27.5 Å². The minimum atomic E-state index is -4.84. The van der Waals surface area contributed by atoms with E-state index in [4.69, 9.17) is 4.74 Å². The quantitative estimate of drug-likeness (QED) is 0.712. The van der Waals surface area contributed by atoms with Gasteiger partial charge in [0.25, 0.3) is 5.91 Å². The van der Waals surface area contributed by atoms with E-state index in [1.807, 2.05) is 0 Å². The summed E-state index contributed by atoms with van der Waals surface area (Å²) >= 11 is 3.35. The summed E-state index contributed by atoms with van der Waals surface area (Å²) in [6, 6.07) is 8.62. The molecule has 0 bridgehead atoms. The van der Waals surface area contributed by atoms with E-state index in [0.717, 1.165) is 10.5 Å². The van der Waals surface area contributed by atoms with Crippen LogP contribution in [0.25, 0.3) is 0 Å². The number of hydrogen-bond donors (Lipinski definition) is 0. The third-order valence-electron chi connectivity index (χ3n) is 3.85. The molecule has 26 heavy (non-hydrogen) atoms. The molecule has 0 saturated carbocycles. The second-order valence-electron chi connectivity index (χ2n) is 5.70. The molecule has 0 N–H and O–H groups in total. The van der Waals surface area contributed by atoms with Gasteiger partial charge in [0.05, 0.1) is 17.4 Å². The molecule has 0 spiro atoms. The van der Waals surface area contributed by atoms with Crippen molar-refractivity contribution in [2.45, 2.75) is 32.4 Å². The van der Waals surface area contributed by atoms with Gasteiger partial charge in [-0.1, -0.05) is 22.0 Å². The van der Waals surface area contributed by atoms with Gasteiger partial charge in [0, 0.05) is 10.5 Å². The minimum absolute atomic E-state index is 0.267. The largest absolute Gasteiger partial charge is 0.574 e. The van der Waals surface area contributed by atoms with E-state index < -0.39 is 24.4 Å². The number of carbonyl (C=O) groups excluding carboxylic acids is 1. The number of amides is 1. The van der Waals surface area contributed by atoms with Crippen LogP contribution in [0.3, 0.4) is 0 Å². The third-order valence-corrected chi connectivity index (χ3v) is 4.34. The molecule has 0 saturated heterocycles. The molecule has 0 fully saturated rings. The number of nitrogens with zero attached hydrogens (tertiary/aromatic N) is 2. The van der Waals surface area contributed by atoms with Crippen LogP contribution in [0.15, 0.2) is 40.9 Å². The highest BCUT2D eigenvalue weighted by molar-refractivity contribution is 9.10. The number of carbonyl (C=O) groups is 1. The number of aromatic nitrogens is 1. The lowest BCUT2D eigenvalue weighted by atomic mass is 10.1. The van der Waals surface area contributed by atoms with E-state index in [1.165, 1.54) is 11.0 Å². The van der Waals surface area contributed by atoms with Crippen LogP contribution in [0, 0.1) is 0 Å². The summed E-state index contributed by atoms with van der Waals surface area (Å²) in [6.45, 7) is 3.30. The maximum absolute atomic E-state index is 12.7. The molecule has 0 aliphatic carbocycles. The number of halogens is 4. The Morgan fingerprint density at radius 2 is 2.04 bits per heavy atom. The van der Waals surface area contributed by atoms with Crippen LogP contribution in [0.1, 0.15) is 25.6 Å². The molecule has 5 nitrogen and oxygen atoms in total. The van der Waals surface area contributed by atoms with E-state index >= 15 is 0 Å². The Morgan fingerprint density at radius 1 is 1.31 bits per heavy atom. The predicted molar refractivity (Wildman–Crippen MR) is 91.1 cm³/mol. The summed E-state index contributed by atoms with van der Waals surface area (Å²) in [4.78, 5) is 18.0. The van der Waals surface area contributed by atoms with Crippen molar-refractivity contribution < 1.29 is 27.4 Å². The lowest BCUT2D eigenvalue weighted by molar-refractivity contribution is -0.276. The van der Waals surface area contributed by atoms with Gasteiger partial charge in [-0.15, -0.1) is 13.2 Å². The number of rotatable bonds is 3. The molecule has 138 valence electrons. The average Bonchev–Trinajstić information content (AvgIpc) is 2.54. The number of benzene rings is 1. The summed E-state index contributed by atoms with van der Waals surface area (Å²) in [6.07, 6.45) is -5.56. The van der Waals surface area contributed by atoms with Gasteiger partial charge in [-0.2, -0.15) is 0 Å². The fraction of sp³-hybridized carbons (Fsp3) is 0.294. The molecule has 1 aliphatic heterocycles. The van der Waals surface area contributed by atoms with E-state index in [-0.39, 0.29) is 11.6 Å². The van der Waals surface area contributed by atoms with Gasteiger partial charge in [0.15, 0.2) is 6.10 Å². The Hall–Kier alpha value is -2.29. The Bertz CT molecular complexity index is 844. The molecular formula is C17H14BrF3N2O3. The summed E-state index contributed by atoms with van der Waals surface area (Å²) < 4.78 is 47.6. The fourth-order valence-electron chi connectivity index (χ4n) is 2.71. The molecule has 0 radical (unpaired) electrons. The van der Waals surface area contributed by atoms with Gasteiger partial charge in [-0.05, 0) is 38.1 Å². The second-order valence-corrected chi connectivity index (χ2v) is 6.62. The maximum Gasteiger partial charge on any atom is 0.574 e. The fourth-order valence-corrected chi connectivity index (χ4v) is 3.05. The summed E-state index contributed by atoms with van der Waals surface area (Å²) in [5, 5.41) is 0. The van der Waals surface area contributed by atoms with Gasteiger partial charge < -0.3 is 9.47 Å². The van der Waals surface area contributed by atoms with Crippen LogP contribution in [0.5, 0.6) is 11.6 Å². The molecule has 2 atom stereocenters. The number of anilines is 1. The van der Waals surface area contributed by atoms with Gasteiger partial charge in [0.2, 0.25) is 5.88 Å². The van der Waals surface area contributed by atoms with Crippen molar-refractivity contribution in [3.8, 4) is 11.6 Å². The standard InChI is InChI=1S/C17H14BrF3N2O3/c1-9(12-4-3-5-15(22-12)26-17(19,20)21)23-13-7-6-11(18)8-14(13)25-10(2)16(23)24/h3-10H,1-2H3/t9-,10?/m0/s1. The first-order valence-electron chi connectivity index (χ1n) is 7.67. The average molecular weight is 431 g/mol. The number of alkyl halides is 3. The highest BCUT2D eigenvalue weighted by atomic mass is 79.9. The molecule has 2 heterocycles. The maximum atomic E-state index is 12.7. The minimum Gasteiger partial charge on any atom is -0.479 e. The second kappa shape index (κ2) is 6.79. The predicted octanol–water partition coefficient (Wildman–Crippen LogP) is 4.62.